The maximum absolute atomic E-state index is 13.1. The highest BCUT2D eigenvalue weighted by Gasteiger charge is 2.31. The molecule has 0 radical (unpaired) electrons. The average Bonchev–Trinajstić information content (AvgIpc) is 3.48. The van der Waals surface area contributed by atoms with E-state index in [-0.39, 0.29) is 12.4 Å². The molecule has 3 N–H and O–H groups in total. The van der Waals surface area contributed by atoms with Gasteiger partial charge < -0.3 is 20.3 Å². The number of carbonyl (C=O) groups is 1. The van der Waals surface area contributed by atoms with Crippen LogP contribution < -0.4 is 15.5 Å². The fraction of sp³-hybridized carbons (Fsp3) is 0.304. The first-order chi connectivity index (χ1) is 16.2. The van der Waals surface area contributed by atoms with E-state index in [1.807, 2.05) is 66.6 Å². The summed E-state index contributed by atoms with van der Waals surface area (Å²) in [4.78, 5) is 19.8. The van der Waals surface area contributed by atoms with Crippen molar-refractivity contribution in [3.63, 3.8) is 0 Å². The number of H-pyrrole nitrogens is 1. The zero-order chi connectivity index (χ0) is 22.6. The van der Waals surface area contributed by atoms with Crippen molar-refractivity contribution in [1.29, 1.82) is 0 Å². The Balaban J connectivity index is 1.35. The minimum absolute atomic E-state index is 0.00762. The summed E-state index contributed by atoms with van der Waals surface area (Å²) in [6, 6.07) is 15.2. The summed E-state index contributed by atoms with van der Waals surface area (Å²) in [7, 11) is 0. The summed E-state index contributed by atoms with van der Waals surface area (Å²) >= 11 is 0. The molecule has 33 heavy (non-hydrogen) atoms. The molecule has 3 aromatic heterocycles. The summed E-state index contributed by atoms with van der Waals surface area (Å²) in [5.41, 5.74) is 2.81. The standard InChI is InChI=1S/C23H26N8O2/c1-16-12-21(28-27-16)25-22-18-8-5-10-31(18)29-23(26-22)30-11-9-24-13-19(30)20(32)15-33-14-17-6-3-2-4-7-17/h2-8,10,12,19,24H,9,11,13-15H2,1H3,(H2,25,26,27,28,29). The molecule has 1 saturated heterocycles. The molecule has 1 unspecified atom stereocenters. The number of hydrogen-bond donors (Lipinski definition) is 3. The van der Waals surface area contributed by atoms with Crippen molar-refractivity contribution in [1.82, 2.24) is 30.1 Å². The third-order valence-electron chi connectivity index (χ3n) is 5.56. The van der Waals surface area contributed by atoms with Gasteiger partial charge in [-0.15, -0.1) is 5.10 Å². The summed E-state index contributed by atoms with van der Waals surface area (Å²) in [5, 5.41) is 18.4. The molecular formula is C23H26N8O2. The Kier molecular flexibility index (Phi) is 6.01. The summed E-state index contributed by atoms with van der Waals surface area (Å²) in [6.07, 6.45) is 1.86. The molecule has 0 amide bonds. The number of aromatic nitrogens is 5. The summed E-state index contributed by atoms with van der Waals surface area (Å²) < 4.78 is 7.47. The number of aromatic amines is 1. The predicted molar refractivity (Wildman–Crippen MR) is 125 cm³/mol. The number of rotatable bonds is 8. The Labute approximate surface area is 191 Å². The third-order valence-corrected chi connectivity index (χ3v) is 5.56. The molecular weight excluding hydrogens is 420 g/mol. The molecule has 1 fully saturated rings. The Morgan fingerprint density at radius 3 is 2.94 bits per heavy atom. The average molecular weight is 447 g/mol. The van der Waals surface area contributed by atoms with Gasteiger partial charge in [0.15, 0.2) is 17.4 Å². The van der Waals surface area contributed by atoms with E-state index in [1.165, 1.54) is 0 Å². The molecule has 1 atom stereocenters. The molecule has 4 aromatic rings. The van der Waals surface area contributed by atoms with E-state index >= 15 is 0 Å². The van der Waals surface area contributed by atoms with Crippen LogP contribution in [0.25, 0.3) is 5.52 Å². The van der Waals surface area contributed by atoms with Gasteiger partial charge in [0.05, 0.1) is 6.61 Å². The van der Waals surface area contributed by atoms with Crippen LogP contribution >= 0.6 is 0 Å². The highest BCUT2D eigenvalue weighted by atomic mass is 16.5. The molecule has 0 aliphatic carbocycles. The molecule has 1 aromatic carbocycles. The number of piperazine rings is 1. The highest BCUT2D eigenvalue weighted by molar-refractivity contribution is 5.88. The van der Waals surface area contributed by atoms with Gasteiger partial charge in [0.2, 0.25) is 5.95 Å². The number of ketones is 1. The van der Waals surface area contributed by atoms with E-state index in [9.17, 15) is 4.79 Å². The van der Waals surface area contributed by atoms with Crippen molar-refractivity contribution in [2.75, 3.05) is 36.5 Å². The lowest BCUT2D eigenvalue weighted by Gasteiger charge is -2.35. The first kappa shape index (κ1) is 21.1. The van der Waals surface area contributed by atoms with Crippen molar-refractivity contribution in [2.24, 2.45) is 0 Å². The SMILES string of the molecule is Cc1cc(Nc2nc(N3CCNCC3C(=O)COCc3ccccc3)nn3cccc23)n[nH]1. The number of Topliss-reactive ketones (excluding diaryl/α,β-unsaturated/α-hetero) is 1. The molecule has 0 saturated carbocycles. The number of benzene rings is 1. The minimum atomic E-state index is -0.414. The maximum Gasteiger partial charge on any atom is 0.246 e. The van der Waals surface area contributed by atoms with Crippen molar-refractivity contribution in [2.45, 2.75) is 19.6 Å². The lowest BCUT2D eigenvalue weighted by molar-refractivity contribution is -0.125. The Morgan fingerprint density at radius 2 is 2.12 bits per heavy atom. The van der Waals surface area contributed by atoms with Crippen LogP contribution in [0.3, 0.4) is 0 Å². The number of carbonyl (C=O) groups excluding carboxylic acids is 1. The van der Waals surface area contributed by atoms with Crippen LogP contribution in [-0.2, 0) is 16.1 Å². The van der Waals surface area contributed by atoms with Crippen LogP contribution in [-0.4, -0.2) is 62.9 Å². The molecule has 1 aliphatic heterocycles. The fourth-order valence-electron chi connectivity index (χ4n) is 3.91. The number of ether oxygens (including phenoxy) is 1. The topological polar surface area (TPSA) is 112 Å². The van der Waals surface area contributed by atoms with Gasteiger partial charge in [0.25, 0.3) is 0 Å². The monoisotopic (exact) mass is 446 g/mol. The lowest BCUT2D eigenvalue weighted by atomic mass is 10.1. The Hall–Kier alpha value is -3.76. The van der Waals surface area contributed by atoms with Crippen molar-refractivity contribution < 1.29 is 9.53 Å². The van der Waals surface area contributed by atoms with Gasteiger partial charge in [-0.2, -0.15) is 10.1 Å². The van der Waals surface area contributed by atoms with Gasteiger partial charge in [-0.05, 0) is 24.6 Å². The fourth-order valence-corrected chi connectivity index (χ4v) is 3.91. The number of nitrogens with zero attached hydrogens (tertiary/aromatic N) is 5. The van der Waals surface area contributed by atoms with E-state index in [0.29, 0.717) is 37.3 Å². The van der Waals surface area contributed by atoms with Gasteiger partial charge in [-0.25, -0.2) is 4.52 Å². The number of nitrogens with one attached hydrogen (secondary N) is 3. The second kappa shape index (κ2) is 9.39. The molecule has 10 heteroatoms. The lowest BCUT2D eigenvalue weighted by Crippen LogP contribution is -2.56. The molecule has 0 spiro atoms. The molecule has 5 rings (SSSR count). The van der Waals surface area contributed by atoms with Crippen LogP contribution in [0.15, 0.2) is 54.7 Å². The van der Waals surface area contributed by atoms with Gasteiger partial charge in [0, 0.05) is 37.6 Å². The van der Waals surface area contributed by atoms with Gasteiger partial charge in [-0.1, -0.05) is 30.3 Å². The van der Waals surface area contributed by atoms with Crippen molar-refractivity contribution in [3.05, 3.63) is 66.0 Å². The van der Waals surface area contributed by atoms with Crippen molar-refractivity contribution >= 4 is 28.9 Å². The van der Waals surface area contributed by atoms with E-state index in [0.717, 1.165) is 23.3 Å². The first-order valence-electron chi connectivity index (χ1n) is 10.9. The molecule has 0 bridgehead atoms. The summed E-state index contributed by atoms with van der Waals surface area (Å²) in [5.74, 6) is 1.77. The third kappa shape index (κ3) is 4.71. The minimum Gasteiger partial charge on any atom is -0.369 e. The van der Waals surface area contributed by atoms with E-state index in [2.05, 4.69) is 25.9 Å². The molecule has 1 aliphatic rings. The number of hydrogen-bond acceptors (Lipinski definition) is 8. The van der Waals surface area contributed by atoms with E-state index in [4.69, 9.17) is 9.72 Å². The van der Waals surface area contributed by atoms with Gasteiger partial charge in [0.1, 0.15) is 18.2 Å². The van der Waals surface area contributed by atoms with E-state index in [1.54, 1.807) is 4.52 Å². The zero-order valence-electron chi connectivity index (χ0n) is 18.4. The molecule has 170 valence electrons. The normalized spacial score (nSPS) is 16.3. The second-order valence-corrected chi connectivity index (χ2v) is 8.02. The molecule has 4 heterocycles. The van der Waals surface area contributed by atoms with E-state index < -0.39 is 6.04 Å². The number of anilines is 3. The zero-order valence-corrected chi connectivity index (χ0v) is 18.4. The van der Waals surface area contributed by atoms with Gasteiger partial charge >= 0.3 is 0 Å². The second-order valence-electron chi connectivity index (χ2n) is 8.02. The highest BCUT2D eigenvalue weighted by Crippen LogP contribution is 2.23. The maximum atomic E-state index is 13.1. The van der Waals surface area contributed by atoms with Crippen LogP contribution in [0.1, 0.15) is 11.3 Å². The van der Waals surface area contributed by atoms with Gasteiger partial charge in [-0.3, -0.25) is 9.89 Å². The number of fused-ring (bicyclic) bond motifs is 1. The summed E-state index contributed by atoms with van der Waals surface area (Å²) in [6.45, 7) is 4.23. The van der Waals surface area contributed by atoms with Crippen LogP contribution in [0.5, 0.6) is 0 Å². The van der Waals surface area contributed by atoms with Crippen LogP contribution in [0.4, 0.5) is 17.6 Å². The smallest absolute Gasteiger partial charge is 0.246 e. The first-order valence-corrected chi connectivity index (χ1v) is 10.9. The van der Waals surface area contributed by atoms with Crippen LogP contribution in [0.2, 0.25) is 0 Å². The molecule has 10 nitrogen and oxygen atoms in total. The quantitative estimate of drug-likeness (QED) is 0.377. The van der Waals surface area contributed by atoms with Crippen molar-refractivity contribution in [3.8, 4) is 0 Å². The predicted octanol–water partition coefficient (Wildman–Crippen LogP) is 2.07. The largest absolute Gasteiger partial charge is 0.369 e. The Bertz CT molecular complexity index is 1240. The Morgan fingerprint density at radius 1 is 1.24 bits per heavy atom. The van der Waals surface area contributed by atoms with Crippen LogP contribution in [0, 0.1) is 6.92 Å². The number of aryl methyl sites for hydroxylation is 1.